The second kappa shape index (κ2) is 5.94. The number of aromatic amines is 1. The number of rotatable bonds is 2. The minimum atomic E-state index is -0.117. The lowest BCUT2D eigenvalue weighted by atomic mass is 9.91. The lowest BCUT2D eigenvalue weighted by Gasteiger charge is -2.24. The molecule has 0 spiro atoms. The molecule has 0 saturated heterocycles. The molecule has 4 aromatic rings. The number of H-pyrrole nitrogens is 1. The number of para-hydroxylation sites is 1. The van der Waals surface area contributed by atoms with Crippen molar-refractivity contribution in [3.63, 3.8) is 0 Å². The molecular formula is C21H20N4O2. The van der Waals surface area contributed by atoms with Gasteiger partial charge in [-0.15, -0.1) is 0 Å². The highest BCUT2D eigenvalue weighted by atomic mass is 16.5. The summed E-state index contributed by atoms with van der Waals surface area (Å²) in [6.07, 6.45) is 3.01. The fraction of sp³-hybridized carbons (Fsp3) is 0.286. The second-order valence-corrected chi connectivity index (χ2v) is 7.24. The smallest absolute Gasteiger partial charge is 0.258 e. The van der Waals surface area contributed by atoms with E-state index in [9.17, 15) is 4.79 Å². The number of pyridine rings is 1. The van der Waals surface area contributed by atoms with Crippen molar-refractivity contribution in [3.05, 3.63) is 58.5 Å². The number of hydrogen-bond acceptors (Lipinski definition) is 4. The van der Waals surface area contributed by atoms with E-state index >= 15 is 0 Å². The van der Waals surface area contributed by atoms with E-state index in [4.69, 9.17) is 4.52 Å². The Hall–Kier alpha value is -3.15. The molecule has 3 heterocycles. The molecule has 5 rings (SSSR count). The van der Waals surface area contributed by atoms with Gasteiger partial charge in [0.05, 0.1) is 22.7 Å². The molecule has 0 radical (unpaired) electrons. The van der Waals surface area contributed by atoms with Gasteiger partial charge >= 0.3 is 0 Å². The van der Waals surface area contributed by atoms with Crippen LogP contribution in [0.1, 0.15) is 51.9 Å². The van der Waals surface area contributed by atoms with Crippen LogP contribution in [0.2, 0.25) is 0 Å². The second-order valence-electron chi connectivity index (χ2n) is 7.24. The molecule has 1 aromatic carbocycles. The Kier molecular flexibility index (Phi) is 3.53. The van der Waals surface area contributed by atoms with Gasteiger partial charge in [-0.3, -0.25) is 4.79 Å². The minimum absolute atomic E-state index is 0.0302. The minimum Gasteiger partial charge on any atom is -0.356 e. The third-order valence-electron chi connectivity index (χ3n) is 5.41. The van der Waals surface area contributed by atoms with Crippen molar-refractivity contribution in [2.45, 2.75) is 39.2 Å². The van der Waals surface area contributed by atoms with Crippen molar-refractivity contribution < 1.29 is 9.32 Å². The van der Waals surface area contributed by atoms with Crippen LogP contribution in [0.15, 0.2) is 34.9 Å². The third kappa shape index (κ3) is 2.51. The van der Waals surface area contributed by atoms with Gasteiger partial charge in [0, 0.05) is 22.3 Å². The fourth-order valence-corrected chi connectivity index (χ4v) is 4.19. The zero-order chi connectivity index (χ0) is 18.5. The van der Waals surface area contributed by atoms with Crippen LogP contribution in [-0.2, 0) is 6.42 Å². The Morgan fingerprint density at radius 2 is 2.15 bits per heavy atom. The maximum absolute atomic E-state index is 13.1. The van der Waals surface area contributed by atoms with Crippen LogP contribution in [0.25, 0.3) is 22.0 Å². The molecule has 6 nitrogen and oxygen atoms in total. The van der Waals surface area contributed by atoms with Crippen LogP contribution in [0.3, 0.4) is 0 Å². The van der Waals surface area contributed by atoms with Crippen LogP contribution in [0.5, 0.6) is 0 Å². The van der Waals surface area contributed by atoms with Crippen LogP contribution in [0, 0.1) is 13.8 Å². The van der Waals surface area contributed by atoms with E-state index < -0.39 is 0 Å². The highest BCUT2D eigenvalue weighted by Crippen LogP contribution is 2.35. The van der Waals surface area contributed by atoms with Gasteiger partial charge in [0.25, 0.3) is 11.6 Å². The normalized spacial score (nSPS) is 16.6. The maximum Gasteiger partial charge on any atom is 0.258 e. The van der Waals surface area contributed by atoms with Gasteiger partial charge in [-0.1, -0.05) is 23.4 Å². The molecule has 1 aliphatic rings. The quantitative estimate of drug-likeness (QED) is 0.563. The Morgan fingerprint density at radius 1 is 1.30 bits per heavy atom. The number of amides is 1. The number of aromatic nitrogens is 3. The Labute approximate surface area is 156 Å². The number of nitrogens with zero attached hydrogens (tertiary/aromatic N) is 2. The summed E-state index contributed by atoms with van der Waals surface area (Å²) in [6.45, 7) is 3.68. The molecule has 0 unspecified atom stereocenters. The predicted molar refractivity (Wildman–Crippen MR) is 103 cm³/mol. The number of carbonyl (C=O) groups is 1. The van der Waals surface area contributed by atoms with Crippen molar-refractivity contribution in [1.82, 2.24) is 20.4 Å². The first-order valence-corrected chi connectivity index (χ1v) is 9.26. The zero-order valence-corrected chi connectivity index (χ0v) is 15.3. The van der Waals surface area contributed by atoms with Gasteiger partial charge in [0.2, 0.25) is 0 Å². The average Bonchev–Trinajstić information content (AvgIpc) is 3.22. The van der Waals surface area contributed by atoms with E-state index in [1.54, 1.807) is 6.07 Å². The lowest BCUT2D eigenvalue weighted by molar-refractivity contribution is 0.0933. The van der Waals surface area contributed by atoms with Crippen molar-refractivity contribution in [3.8, 4) is 0 Å². The van der Waals surface area contributed by atoms with Crippen LogP contribution < -0.4 is 5.32 Å². The molecule has 1 amide bonds. The first-order chi connectivity index (χ1) is 13.1. The molecule has 1 aliphatic carbocycles. The van der Waals surface area contributed by atoms with Crippen molar-refractivity contribution in [2.24, 2.45) is 0 Å². The summed E-state index contributed by atoms with van der Waals surface area (Å²) in [6, 6.07) is 10.1. The Bertz CT molecular complexity index is 1190. The summed E-state index contributed by atoms with van der Waals surface area (Å²) < 4.78 is 5.26. The largest absolute Gasteiger partial charge is 0.356 e. The first-order valence-electron chi connectivity index (χ1n) is 9.26. The summed E-state index contributed by atoms with van der Waals surface area (Å²) in [5.74, 6) is -0.117. The van der Waals surface area contributed by atoms with E-state index in [0.29, 0.717) is 22.4 Å². The van der Waals surface area contributed by atoms with Gasteiger partial charge in [-0.2, -0.15) is 0 Å². The highest BCUT2D eigenvalue weighted by Gasteiger charge is 2.27. The summed E-state index contributed by atoms with van der Waals surface area (Å²) in [7, 11) is 0. The lowest BCUT2D eigenvalue weighted by Crippen LogP contribution is -2.31. The number of benzene rings is 1. The van der Waals surface area contributed by atoms with E-state index in [2.05, 4.69) is 38.6 Å². The van der Waals surface area contributed by atoms with Gasteiger partial charge in [0.15, 0.2) is 0 Å². The standard InChI is InChI=1S/C21H20N4O2/c1-11-10-15(18-12(2)25-27-21(18)22-11)20(26)24-17-9-5-7-14-13-6-3-4-8-16(13)23-19(14)17/h3-4,6,8,10,17,23H,5,7,9H2,1-2H3,(H,24,26)/t17-/m0/s1. The molecule has 1 atom stereocenters. The molecule has 0 fully saturated rings. The zero-order valence-electron chi connectivity index (χ0n) is 15.3. The highest BCUT2D eigenvalue weighted by molar-refractivity contribution is 6.06. The van der Waals surface area contributed by atoms with Crippen molar-refractivity contribution >= 4 is 27.9 Å². The summed E-state index contributed by atoms with van der Waals surface area (Å²) in [5.41, 5.74) is 5.96. The van der Waals surface area contributed by atoms with Crippen LogP contribution in [0.4, 0.5) is 0 Å². The van der Waals surface area contributed by atoms with E-state index in [1.165, 1.54) is 10.9 Å². The number of fused-ring (bicyclic) bond motifs is 4. The molecule has 3 aromatic heterocycles. The number of carbonyl (C=O) groups excluding carboxylic acids is 1. The Morgan fingerprint density at radius 3 is 3.04 bits per heavy atom. The molecule has 2 N–H and O–H groups in total. The van der Waals surface area contributed by atoms with Crippen molar-refractivity contribution in [2.75, 3.05) is 0 Å². The monoisotopic (exact) mass is 360 g/mol. The van der Waals surface area contributed by atoms with Crippen LogP contribution >= 0.6 is 0 Å². The molecule has 6 heteroatoms. The maximum atomic E-state index is 13.1. The third-order valence-corrected chi connectivity index (χ3v) is 5.41. The number of hydrogen-bond donors (Lipinski definition) is 2. The summed E-state index contributed by atoms with van der Waals surface area (Å²) in [4.78, 5) is 21.0. The van der Waals surface area contributed by atoms with Gasteiger partial charge in [0.1, 0.15) is 0 Å². The van der Waals surface area contributed by atoms with Crippen molar-refractivity contribution in [1.29, 1.82) is 0 Å². The van der Waals surface area contributed by atoms with Gasteiger partial charge in [-0.25, -0.2) is 4.98 Å². The van der Waals surface area contributed by atoms with Crippen LogP contribution in [-0.4, -0.2) is 21.0 Å². The SMILES string of the molecule is Cc1cc(C(=O)N[C@H]2CCCc3c2[nH]c2ccccc32)c2c(C)noc2n1. The molecule has 0 bridgehead atoms. The number of aryl methyl sites for hydroxylation is 3. The van der Waals surface area contributed by atoms with E-state index in [1.807, 2.05) is 19.9 Å². The fourth-order valence-electron chi connectivity index (χ4n) is 4.19. The van der Waals surface area contributed by atoms with E-state index in [0.717, 1.165) is 36.2 Å². The molecular weight excluding hydrogens is 340 g/mol. The number of nitrogens with one attached hydrogen (secondary N) is 2. The summed E-state index contributed by atoms with van der Waals surface area (Å²) in [5, 5.41) is 9.13. The predicted octanol–water partition coefficient (Wildman–Crippen LogP) is 4.13. The average molecular weight is 360 g/mol. The summed E-state index contributed by atoms with van der Waals surface area (Å²) >= 11 is 0. The molecule has 0 saturated carbocycles. The topological polar surface area (TPSA) is 83.8 Å². The first kappa shape index (κ1) is 16.1. The molecule has 27 heavy (non-hydrogen) atoms. The Balaban J connectivity index is 1.54. The van der Waals surface area contributed by atoms with E-state index in [-0.39, 0.29) is 11.9 Å². The van der Waals surface area contributed by atoms with Gasteiger partial charge < -0.3 is 14.8 Å². The molecule has 136 valence electrons. The van der Waals surface area contributed by atoms with Gasteiger partial charge in [-0.05, 0) is 50.8 Å². The molecule has 0 aliphatic heterocycles.